The van der Waals surface area contributed by atoms with Crippen molar-refractivity contribution in [2.45, 2.75) is 39.7 Å². The molecular formula is C12H19N3O3S. The highest BCUT2D eigenvalue weighted by Crippen LogP contribution is 2.16. The first kappa shape index (κ1) is 15.4. The highest BCUT2D eigenvalue weighted by atomic mass is 32.1. The predicted molar refractivity (Wildman–Crippen MR) is 74.4 cm³/mol. The summed E-state index contributed by atoms with van der Waals surface area (Å²) < 4.78 is 4.74. The zero-order valence-corrected chi connectivity index (χ0v) is 12.2. The number of carbonyl (C=O) groups excluding carboxylic acids is 2. The van der Waals surface area contributed by atoms with E-state index in [0.29, 0.717) is 17.4 Å². The summed E-state index contributed by atoms with van der Waals surface area (Å²) >= 11 is 1.27. The van der Waals surface area contributed by atoms with Crippen LogP contribution in [0.2, 0.25) is 0 Å². The van der Waals surface area contributed by atoms with Gasteiger partial charge in [-0.05, 0) is 20.3 Å². The van der Waals surface area contributed by atoms with Crippen LogP contribution in [-0.2, 0) is 16.0 Å². The van der Waals surface area contributed by atoms with E-state index in [2.05, 4.69) is 15.6 Å². The Kier molecular flexibility index (Phi) is 6.27. The lowest BCUT2D eigenvalue weighted by molar-refractivity contribution is -0.121. The number of aromatic nitrogens is 1. The molecule has 1 unspecified atom stereocenters. The Morgan fingerprint density at radius 2 is 2.21 bits per heavy atom. The summed E-state index contributed by atoms with van der Waals surface area (Å²) in [6.07, 6.45) is 0.566. The molecule has 0 aliphatic rings. The number of thiazole rings is 1. The molecule has 106 valence electrons. The normalized spacial score (nSPS) is 11.7. The van der Waals surface area contributed by atoms with E-state index >= 15 is 0 Å². The van der Waals surface area contributed by atoms with E-state index in [0.717, 1.165) is 6.42 Å². The summed E-state index contributed by atoms with van der Waals surface area (Å²) in [6.45, 7) is 6.00. The maximum Gasteiger partial charge on any atom is 0.413 e. The van der Waals surface area contributed by atoms with Gasteiger partial charge in [0.25, 0.3) is 0 Å². The summed E-state index contributed by atoms with van der Waals surface area (Å²) in [5.74, 6) is -0.0673. The third-order valence-electron chi connectivity index (χ3n) is 2.40. The standard InChI is InChI=1S/C12H19N3O3S/c1-4-8(3)13-10(16)6-9-7-19-11(14-9)15-12(17)18-5-2/h7-8H,4-6H2,1-3H3,(H,13,16)(H,14,15,17). The van der Waals surface area contributed by atoms with Crippen LogP contribution in [0.5, 0.6) is 0 Å². The molecule has 0 radical (unpaired) electrons. The molecule has 1 aromatic rings. The van der Waals surface area contributed by atoms with Gasteiger partial charge in [-0.25, -0.2) is 9.78 Å². The van der Waals surface area contributed by atoms with Gasteiger partial charge in [0.05, 0.1) is 18.7 Å². The smallest absolute Gasteiger partial charge is 0.413 e. The van der Waals surface area contributed by atoms with Crippen LogP contribution >= 0.6 is 11.3 Å². The Hall–Kier alpha value is -1.63. The largest absolute Gasteiger partial charge is 0.450 e. The molecule has 1 heterocycles. The van der Waals surface area contributed by atoms with Crippen molar-refractivity contribution >= 4 is 28.5 Å². The lowest BCUT2D eigenvalue weighted by Gasteiger charge is -2.10. The number of amides is 2. The zero-order valence-electron chi connectivity index (χ0n) is 11.4. The van der Waals surface area contributed by atoms with Gasteiger partial charge in [0, 0.05) is 11.4 Å². The van der Waals surface area contributed by atoms with E-state index in [9.17, 15) is 9.59 Å². The SMILES string of the molecule is CCOC(=O)Nc1nc(CC(=O)NC(C)CC)cs1. The van der Waals surface area contributed by atoms with E-state index in [1.54, 1.807) is 12.3 Å². The second-order valence-electron chi connectivity index (χ2n) is 4.04. The minimum atomic E-state index is -0.535. The highest BCUT2D eigenvalue weighted by Gasteiger charge is 2.11. The summed E-state index contributed by atoms with van der Waals surface area (Å²) in [5.41, 5.74) is 0.637. The minimum absolute atomic E-state index is 0.0673. The maximum absolute atomic E-state index is 11.7. The Labute approximate surface area is 116 Å². The molecule has 0 aromatic carbocycles. The molecule has 0 aliphatic heterocycles. The fourth-order valence-electron chi connectivity index (χ4n) is 1.29. The number of rotatable bonds is 6. The van der Waals surface area contributed by atoms with Crippen LogP contribution in [-0.4, -0.2) is 29.6 Å². The van der Waals surface area contributed by atoms with Gasteiger partial charge in [-0.2, -0.15) is 0 Å². The van der Waals surface area contributed by atoms with Crippen LogP contribution in [0.25, 0.3) is 0 Å². The number of carbonyl (C=O) groups is 2. The van der Waals surface area contributed by atoms with Crippen molar-refractivity contribution in [3.63, 3.8) is 0 Å². The zero-order chi connectivity index (χ0) is 14.3. The second-order valence-corrected chi connectivity index (χ2v) is 4.90. The Morgan fingerprint density at radius 1 is 1.47 bits per heavy atom. The van der Waals surface area contributed by atoms with Crippen molar-refractivity contribution in [3.05, 3.63) is 11.1 Å². The van der Waals surface area contributed by atoms with Crippen molar-refractivity contribution in [1.82, 2.24) is 10.3 Å². The van der Waals surface area contributed by atoms with Crippen molar-refractivity contribution in [2.75, 3.05) is 11.9 Å². The third-order valence-corrected chi connectivity index (χ3v) is 3.20. The quantitative estimate of drug-likeness (QED) is 0.839. The molecular weight excluding hydrogens is 266 g/mol. The minimum Gasteiger partial charge on any atom is -0.450 e. The van der Waals surface area contributed by atoms with Crippen LogP contribution in [0.3, 0.4) is 0 Å². The average Bonchev–Trinajstić information content (AvgIpc) is 2.76. The monoisotopic (exact) mass is 285 g/mol. The number of nitrogens with zero attached hydrogens (tertiary/aromatic N) is 1. The van der Waals surface area contributed by atoms with Crippen LogP contribution in [0.1, 0.15) is 32.9 Å². The molecule has 1 atom stereocenters. The van der Waals surface area contributed by atoms with Crippen molar-refractivity contribution in [3.8, 4) is 0 Å². The summed E-state index contributed by atoms with van der Waals surface area (Å²) in [4.78, 5) is 27.0. The van der Waals surface area contributed by atoms with Crippen LogP contribution < -0.4 is 10.6 Å². The Morgan fingerprint density at radius 3 is 2.84 bits per heavy atom. The molecule has 7 heteroatoms. The first-order chi connectivity index (χ1) is 9.05. The predicted octanol–water partition coefficient (Wildman–Crippen LogP) is 2.17. The maximum atomic E-state index is 11.7. The van der Waals surface area contributed by atoms with E-state index in [4.69, 9.17) is 4.74 Å². The van der Waals surface area contributed by atoms with Gasteiger partial charge >= 0.3 is 6.09 Å². The molecule has 1 aromatic heterocycles. The molecule has 6 nitrogen and oxygen atoms in total. The van der Waals surface area contributed by atoms with Crippen LogP contribution in [0.4, 0.5) is 9.93 Å². The topological polar surface area (TPSA) is 80.3 Å². The van der Waals surface area contributed by atoms with Gasteiger partial charge < -0.3 is 10.1 Å². The van der Waals surface area contributed by atoms with E-state index in [-0.39, 0.29) is 18.4 Å². The van der Waals surface area contributed by atoms with Gasteiger partial charge in [0.2, 0.25) is 5.91 Å². The molecule has 1 rings (SSSR count). The first-order valence-electron chi connectivity index (χ1n) is 6.22. The molecule has 0 bridgehead atoms. The second kappa shape index (κ2) is 7.73. The van der Waals surface area contributed by atoms with Gasteiger partial charge in [0.1, 0.15) is 0 Å². The molecule has 0 fully saturated rings. The van der Waals surface area contributed by atoms with Gasteiger partial charge in [-0.3, -0.25) is 10.1 Å². The first-order valence-corrected chi connectivity index (χ1v) is 7.10. The molecule has 0 saturated carbocycles. The molecule has 0 aliphatic carbocycles. The molecule has 0 spiro atoms. The summed E-state index contributed by atoms with van der Waals surface area (Å²) in [7, 11) is 0. The van der Waals surface area contributed by atoms with E-state index < -0.39 is 6.09 Å². The number of ether oxygens (including phenoxy) is 1. The lowest BCUT2D eigenvalue weighted by atomic mass is 10.2. The third kappa shape index (κ3) is 5.69. The van der Waals surface area contributed by atoms with Gasteiger partial charge in [-0.1, -0.05) is 6.92 Å². The van der Waals surface area contributed by atoms with Gasteiger partial charge in [0.15, 0.2) is 5.13 Å². The van der Waals surface area contributed by atoms with Crippen molar-refractivity contribution in [1.29, 1.82) is 0 Å². The number of hydrogen-bond donors (Lipinski definition) is 2. The van der Waals surface area contributed by atoms with Crippen LogP contribution in [0, 0.1) is 0 Å². The Balaban J connectivity index is 2.46. The van der Waals surface area contributed by atoms with E-state index in [1.807, 2.05) is 13.8 Å². The average molecular weight is 285 g/mol. The van der Waals surface area contributed by atoms with Crippen molar-refractivity contribution < 1.29 is 14.3 Å². The Bertz CT molecular complexity index is 434. The van der Waals surface area contributed by atoms with Gasteiger partial charge in [-0.15, -0.1) is 11.3 Å². The molecule has 19 heavy (non-hydrogen) atoms. The highest BCUT2D eigenvalue weighted by molar-refractivity contribution is 7.13. The van der Waals surface area contributed by atoms with E-state index in [1.165, 1.54) is 11.3 Å². The number of nitrogens with one attached hydrogen (secondary N) is 2. The lowest BCUT2D eigenvalue weighted by Crippen LogP contribution is -2.33. The fraction of sp³-hybridized carbons (Fsp3) is 0.583. The summed E-state index contributed by atoms with van der Waals surface area (Å²) in [5, 5.41) is 7.55. The molecule has 2 N–H and O–H groups in total. The number of anilines is 1. The number of hydrogen-bond acceptors (Lipinski definition) is 5. The van der Waals surface area contributed by atoms with Crippen molar-refractivity contribution in [2.24, 2.45) is 0 Å². The van der Waals surface area contributed by atoms with Crippen LogP contribution in [0.15, 0.2) is 5.38 Å². The molecule has 2 amide bonds. The molecule has 0 saturated heterocycles. The fourth-order valence-corrected chi connectivity index (χ4v) is 1.99. The summed E-state index contributed by atoms with van der Waals surface area (Å²) in [6, 6.07) is 0.156.